The molecule has 1 atom stereocenters. The van der Waals surface area contributed by atoms with Gasteiger partial charge in [-0.25, -0.2) is 4.72 Å². The van der Waals surface area contributed by atoms with E-state index in [0.29, 0.717) is 6.54 Å². The molecule has 0 aromatic heterocycles. The number of nitrogens with one attached hydrogen (secondary N) is 1. The molecule has 19 heavy (non-hydrogen) atoms. The fourth-order valence-electron chi connectivity index (χ4n) is 2.96. The van der Waals surface area contributed by atoms with Gasteiger partial charge in [-0.1, -0.05) is 19.3 Å². The zero-order valence-electron chi connectivity index (χ0n) is 11.8. The highest BCUT2D eigenvalue weighted by atomic mass is 32.2. The van der Waals surface area contributed by atoms with Gasteiger partial charge >= 0.3 is 0 Å². The lowest BCUT2D eigenvalue weighted by Crippen LogP contribution is -2.45. The molecule has 0 radical (unpaired) electrons. The summed E-state index contributed by atoms with van der Waals surface area (Å²) in [5.41, 5.74) is 0. The second-order valence-corrected chi connectivity index (χ2v) is 7.45. The molecule has 0 aromatic carbocycles. The van der Waals surface area contributed by atoms with Crippen molar-refractivity contribution in [1.29, 1.82) is 0 Å². The molecule has 5 nitrogen and oxygen atoms in total. The average molecular weight is 290 g/mol. The number of hydrogen-bond donors (Lipinski definition) is 1. The van der Waals surface area contributed by atoms with Crippen LogP contribution in [0.3, 0.4) is 0 Å². The first-order chi connectivity index (χ1) is 9.09. The summed E-state index contributed by atoms with van der Waals surface area (Å²) in [6, 6.07) is 0.175. The van der Waals surface area contributed by atoms with E-state index < -0.39 is 10.2 Å². The lowest BCUT2D eigenvalue weighted by molar-refractivity contribution is 0.105. The third-order valence-corrected chi connectivity index (χ3v) is 5.87. The van der Waals surface area contributed by atoms with E-state index in [1.807, 2.05) is 0 Å². The Labute approximate surface area is 116 Å². The van der Waals surface area contributed by atoms with E-state index in [1.54, 1.807) is 7.05 Å². The SMILES string of the molecule is CN(C1CCCCC1)S(=O)(=O)NCC[C@H]1CCCO1. The maximum atomic E-state index is 12.2. The van der Waals surface area contributed by atoms with Gasteiger partial charge in [0.1, 0.15) is 0 Å². The smallest absolute Gasteiger partial charge is 0.279 e. The quantitative estimate of drug-likeness (QED) is 0.809. The van der Waals surface area contributed by atoms with Gasteiger partial charge in [0.05, 0.1) is 6.10 Å². The lowest BCUT2D eigenvalue weighted by Gasteiger charge is -2.30. The zero-order chi connectivity index (χ0) is 13.7. The van der Waals surface area contributed by atoms with Crippen molar-refractivity contribution < 1.29 is 13.2 Å². The van der Waals surface area contributed by atoms with Crippen molar-refractivity contribution in [3.63, 3.8) is 0 Å². The van der Waals surface area contributed by atoms with Crippen LogP contribution in [-0.4, -0.2) is 45.1 Å². The molecule has 1 heterocycles. The van der Waals surface area contributed by atoms with Gasteiger partial charge in [-0.15, -0.1) is 0 Å². The largest absolute Gasteiger partial charge is 0.378 e. The molecule has 2 fully saturated rings. The Morgan fingerprint density at radius 1 is 1.16 bits per heavy atom. The fourth-order valence-corrected chi connectivity index (χ4v) is 4.15. The molecule has 1 aliphatic heterocycles. The van der Waals surface area contributed by atoms with Crippen molar-refractivity contribution in [1.82, 2.24) is 9.03 Å². The van der Waals surface area contributed by atoms with Gasteiger partial charge < -0.3 is 4.74 Å². The van der Waals surface area contributed by atoms with Crippen LogP contribution in [0, 0.1) is 0 Å². The van der Waals surface area contributed by atoms with Crippen LogP contribution >= 0.6 is 0 Å². The van der Waals surface area contributed by atoms with Gasteiger partial charge in [-0.3, -0.25) is 0 Å². The minimum atomic E-state index is -3.32. The van der Waals surface area contributed by atoms with Crippen molar-refractivity contribution in [3.05, 3.63) is 0 Å². The normalized spacial score (nSPS) is 26.1. The maximum absolute atomic E-state index is 12.2. The van der Waals surface area contributed by atoms with E-state index in [4.69, 9.17) is 4.74 Å². The van der Waals surface area contributed by atoms with Crippen LogP contribution in [0.5, 0.6) is 0 Å². The lowest BCUT2D eigenvalue weighted by atomic mass is 9.96. The Kier molecular flexibility index (Phi) is 5.62. The Morgan fingerprint density at radius 2 is 1.89 bits per heavy atom. The average Bonchev–Trinajstić information content (AvgIpc) is 2.92. The first kappa shape index (κ1) is 15.2. The molecule has 0 unspecified atom stereocenters. The Balaban J connectivity index is 1.76. The highest BCUT2D eigenvalue weighted by Gasteiger charge is 2.27. The number of rotatable bonds is 6. The molecular weight excluding hydrogens is 264 g/mol. The summed E-state index contributed by atoms with van der Waals surface area (Å²) in [5, 5.41) is 0. The summed E-state index contributed by atoms with van der Waals surface area (Å²) in [6.07, 6.45) is 8.66. The Bertz CT molecular complexity index is 360. The summed E-state index contributed by atoms with van der Waals surface area (Å²) in [4.78, 5) is 0. The molecule has 1 aliphatic carbocycles. The number of nitrogens with zero attached hydrogens (tertiary/aromatic N) is 1. The first-order valence-electron chi connectivity index (χ1n) is 7.44. The van der Waals surface area contributed by atoms with Gasteiger partial charge in [0.25, 0.3) is 10.2 Å². The van der Waals surface area contributed by atoms with Crippen molar-refractivity contribution in [2.45, 2.75) is 63.5 Å². The Hall–Kier alpha value is -0.170. The highest BCUT2D eigenvalue weighted by Crippen LogP contribution is 2.23. The molecule has 6 heteroatoms. The summed E-state index contributed by atoms with van der Waals surface area (Å²) >= 11 is 0. The predicted octanol–water partition coefficient (Wildman–Crippen LogP) is 1.65. The third-order valence-electron chi connectivity index (χ3n) is 4.24. The van der Waals surface area contributed by atoms with Crippen LogP contribution in [0.4, 0.5) is 0 Å². The van der Waals surface area contributed by atoms with E-state index >= 15 is 0 Å². The Morgan fingerprint density at radius 3 is 2.53 bits per heavy atom. The molecule has 2 rings (SSSR count). The minimum absolute atomic E-state index is 0.175. The molecule has 1 N–H and O–H groups in total. The van der Waals surface area contributed by atoms with Crippen LogP contribution < -0.4 is 4.72 Å². The summed E-state index contributed by atoms with van der Waals surface area (Å²) in [6.45, 7) is 1.30. The van der Waals surface area contributed by atoms with E-state index in [0.717, 1.165) is 51.6 Å². The first-order valence-corrected chi connectivity index (χ1v) is 8.88. The van der Waals surface area contributed by atoms with Crippen LogP contribution in [0.1, 0.15) is 51.4 Å². The van der Waals surface area contributed by atoms with Crippen LogP contribution in [-0.2, 0) is 14.9 Å². The van der Waals surface area contributed by atoms with Crippen molar-refractivity contribution in [2.75, 3.05) is 20.2 Å². The van der Waals surface area contributed by atoms with E-state index in [2.05, 4.69) is 4.72 Å². The summed E-state index contributed by atoms with van der Waals surface area (Å²) in [7, 11) is -1.63. The molecule has 0 amide bonds. The van der Waals surface area contributed by atoms with Gasteiger partial charge in [-0.05, 0) is 32.1 Å². The van der Waals surface area contributed by atoms with E-state index in [1.165, 1.54) is 10.7 Å². The minimum Gasteiger partial charge on any atom is -0.378 e. The van der Waals surface area contributed by atoms with Gasteiger partial charge in [0.2, 0.25) is 0 Å². The van der Waals surface area contributed by atoms with Gasteiger partial charge in [0, 0.05) is 26.2 Å². The molecule has 0 spiro atoms. The number of ether oxygens (including phenoxy) is 1. The molecule has 1 saturated heterocycles. The van der Waals surface area contributed by atoms with Crippen LogP contribution in [0.15, 0.2) is 0 Å². The molecule has 1 saturated carbocycles. The zero-order valence-corrected chi connectivity index (χ0v) is 12.6. The second-order valence-electron chi connectivity index (χ2n) is 5.63. The molecule has 0 aromatic rings. The van der Waals surface area contributed by atoms with Gasteiger partial charge in [-0.2, -0.15) is 12.7 Å². The van der Waals surface area contributed by atoms with Gasteiger partial charge in [0.15, 0.2) is 0 Å². The highest BCUT2D eigenvalue weighted by molar-refractivity contribution is 7.87. The van der Waals surface area contributed by atoms with E-state index in [9.17, 15) is 8.42 Å². The fraction of sp³-hybridized carbons (Fsp3) is 1.00. The van der Waals surface area contributed by atoms with Crippen LogP contribution in [0.2, 0.25) is 0 Å². The molecule has 112 valence electrons. The topological polar surface area (TPSA) is 58.6 Å². The van der Waals surface area contributed by atoms with E-state index in [-0.39, 0.29) is 12.1 Å². The predicted molar refractivity (Wildman–Crippen MR) is 75.1 cm³/mol. The van der Waals surface area contributed by atoms with Crippen molar-refractivity contribution in [2.24, 2.45) is 0 Å². The van der Waals surface area contributed by atoms with Crippen molar-refractivity contribution in [3.8, 4) is 0 Å². The molecule has 2 aliphatic rings. The second kappa shape index (κ2) is 7.02. The monoisotopic (exact) mass is 290 g/mol. The molecule has 0 bridgehead atoms. The summed E-state index contributed by atoms with van der Waals surface area (Å²) in [5.74, 6) is 0. The summed E-state index contributed by atoms with van der Waals surface area (Å²) < 4.78 is 34.1. The van der Waals surface area contributed by atoms with Crippen LogP contribution in [0.25, 0.3) is 0 Å². The van der Waals surface area contributed by atoms with Crippen molar-refractivity contribution >= 4 is 10.2 Å². The number of hydrogen-bond acceptors (Lipinski definition) is 3. The molecular formula is C13H26N2O3S. The maximum Gasteiger partial charge on any atom is 0.279 e. The standard InChI is InChI=1S/C13H26N2O3S/c1-15(12-6-3-2-4-7-12)19(16,17)14-10-9-13-8-5-11-18-13/h12-14H,2-11H2,1H3/t13-/m1/s1. The third kappa shape index (κ3) is 4.41.